The van der Waals surface area contributed by atoms with Crippen LogP contribution in [-0.4, -0.2) is 42.8 Å². The van der Waals surface area contributed by atoms with Crippen LogP contribution in [0.1, 0.15) is 5.56 Å². The average molecular weight is 336 g/mol. The molecule has 0 atom stereocenters. The van der Waals surface area contributed by atoms with Gasteiger partial charge in [-0.25, -0.2) is 9.18 Å². The molecule has 22 heavy (non-hydrogen) atoms. The Morgan fingerprint density at radius 1 is 1.14 bits per heavy atom. The smallest absolute Gasteiger partial charge is 0.399 e. The topological polar surface area (TPSA) is 88.1 Å². The molecule has 0 unspecified atom stereocenters. The average Bonchev–Trinajstić information content (AvgIpc) is 2.52. The first-order valence-corrected chi connectivity index (χ1v) is 7.08. The van der Waals surface area contributed by atoms with Gasteiger partial charge in [0.15, 0.2) is 0 Å². The summed E-state index contributed by atoms with van der Waals surface area (Å²) >= 11 is 0. The molecule has 0 saturated carbocycles. The fourth-order valence-electron chi connectivity index (χ4n) is 1.19. The van der Waals surface area contributed by atoms with Crippen LogP contribution in [0, 0.1) is 5.82 Å². The molecule has 0 amide bonds. The van der Waals surface area contributed by atoms with Gasteiger partial charge < -0.3 is 9.47 Å². The summed E-state index contributed by atoms with van der Waals surface area (Å²) in [6, 6.07) is 5.65. The Bertz CT molecular complexity index is 601. The minimum Gasteiger partial charge on any atom is -0.503 e. The molecule has 0 bridgehead atoms. The molecule has 1 aromatic carbocycles. The van der Waals surface area contributed by atoms with Gasteiger partial charge in [0, 0.05) is 0 Å². The standard InChI is InChI=1S/C11H11FO3.C2H6O4S/c1-14-7-10(11(13)15-2)8-4-3-5-9(12)6-8;1-5-7(3,4)6-2/h3-7H,1-2H3;1-2H3. The van der Waals surface area contributed by atoms with Crippen molar-refractivity contribution in [1.82, 2.24) is 0 Å². The third-order valence-electron chi connectivity index (χ3n) is 2.18. The molecule has 0 heterocycles. The molecule has 0 aliphatic rings. The van der Waals surface area contributed by atoms with Crippen molar-refractivity contribution in [3.63, 3.8) is 0 Å². The second-order valence-electron chi connectivity index (χ2n) is 3.51. The van der Waals surface area contributed by atoms with E-state index in [1.165, 1.54) is 38.7 Å². The number of carbonyl (C=O) groups excluding carboxylic acids is 1. The number of rotatable bonds is 5. The predicted molar refractivity (Wildman–Crippen MR) is 76.3 cm³/mol. The molecule has 0 spiro atoms. The number of hydrogen-bond donors (Lipinski definition) is 0. The molecule has 0 aliphatic carbocycles. The van der Waals surface area contributed by atoms with E-state index in [1.54, 1.807) is 6.07 Å². The van der Waals surface area contributed by atoms with Crippen molar-refractivity contribution < 1.29 is 35.4 Å². The summed E-state index contributed by atoms with van der Waals surface area (Å²) in [5, 5.41) is 0. The number of esters is 1. The first-order chi connectivity index (χ1) is 10.3. The maximum absolute atomic E-state index is 12.9. The second kappa shape index (κ2) is 9.87. The summed E-state index contributed by atoms with van der Waals surface area (Å²) < 4.78 is 49.7. The summed E-state index contributed by atoms with van der Waals surface area (Å²) in [6.07, 6.45) is 1.22. The van der Waals surface area contributed by atoms with Gasteiger partial charge in [-0.2, -0.15) is 8.42 Å². The number of hydrogen-bond acceptors (Lipinski definition) is 7. The van der Waals surface area contributed by atoms with Crippen LogP contribution in [0.5, 0.6) is 0 Å². The van der Waals surface area contributed by atoms with E-state index < -0.39 is 22.2 Å². The van der Waals surface area contributed by atoms with Gasteiger partial charge in [0.25, 0.3) is 0 Å². The Kier molecular flexibility index (Phi) is 8.99. The normalized spacial score (nSPS) is 11.2. The molecular weight excluding hydrogens is 319 g/mol. The monoisotopic (exact) mass is 336 g/mol. The van der Waals surface area contributed by atoms with Crippen LogP contribution in [-0.2, 0) is 33.0 Å². The fraction of sp³-hybridized carbons (Fsp3) is 0.308. The SMILES string of the molecule is COC=C(C(=O)OC)c1cccc(F)c1.COS(=O)(=O)OC. The molecule has 0 fully saturated rings. The third kappa shape index (κ3) is 7.16. The predicted octanol–water partition coefficient (Wildman–Crippen LogP) is 1.51. The molecule has 1 aromatic rings. The Labute approximate surface area is 128 Å². The quantitative estimate of drug-likeness (QED) is 0.457. The zero-order chi connectivity index (χ0) is 17.2. The molecule has 0 aliphatic heterocycles. The number of carbonyl (C=O) groups is 1. The van der Waals surface area contributed by atoms with E-state index in [2.05, 4.69) is 13.1 Å². The first kappa shape index (κ1) is 20.0. The summed E-state index contributed by atoms with van der Waals surface area (Å²) in [5.41, 5.74) is 0.600. The largest absolute Gasteiger partial charge is 0.503 e. The fourth-order valence-corrected chi connectivity index (χ4v) is 1.32. The van der Waals surface area contributed by atoms with Crippen molar-refractivity contribution in [2.24, 2.45) is 0 Å². The molecule has 1 rings (SSSR count). The van der Waals surface area contributed by atoms with Crippen molar-refractivity contribution in [2.45, 2.75) is 0 Å². The van der Waals surface area contributed by atoms with Gasteiger partial charge >= 0.3 is 16.4 Å². The highest BCUT2D eigenvalue weighted by atomic mass is 32.3. The van der Waals surface area contributed by atoms with Gasteiger partial charge in [-0.05, 0) is 17.7 Å². The zero-order valence-electron chi connectivity index (χ0n) is 12.5. The van der Waals surface area contributed by atoms with E-state index in [0.717, 1.165) is 14.2 Å². The van der Waals surface area contributed by atoms with Crippen molar-refractivity contribution in [2.75, 3.05) is 28.4 Å². The molecule has 0 saturated heterocycles. The lowest BCUT2D eigenvalue weighted by molar-refractivity contribution is -0.133. The van der Waals surface area contributed by atoms with Crippen LogP contribution in [0.25, 0.3) is 5.57 Å². The van der Waals surface area contributed by atoms with Crippen molar-refractivity contribution in [3.8, 4) is 0 Å². The van der Waals surface area contributed by atoms with E-state index in [9.17, 15) is 17.6 Å². The van der Waals surface area contributed by atoms with Crippen LogP contribution < -0.4 is 0 Å². The van der Waals surface area contributed by atoms with Gasteiger partial charge in [-0.15, -0.1) is 0 Å². The molecule has 0 N–H and O–H groups in total. The molecular formula is C13H17FO7S. The lowest BCUT2D eigenvalue weighted by Gasteiger charge is -2.05. The lowest BCUT2D eigenvalue weighted by Crippen LogP contribution is -2.04. The van der Waals surface area contributed by atoms with Crippen LogP contribution in [0.15, 0.2) is 30.5 Å². The second-order valence-corrected chi connectivity index (χ2v) is 4.99. The van der Waals surface area contributed by atoms with Crippen molar-refractivity contribution >= 4 is 21.9 Å². The van der Waals surface area contributed by atoms with E-state index in [1.807, 2.05) is 0 Å². The van der Waals surface area contributed by atoms with Crippen LogP contribution >= 0.6 is 0 Å². The maximum Gasteiger partial charge on any atom is 0.399 e. The van der Waals surface area contributed by atoms with Crippen LogP contribution in [0.2, 0.25) is 0 Å². The molecule has 0 aromatic heterocycles. The molecule has 0 radical (unpaired) electrons. The Morgan fingerprint density at radius 3 is 2.09 bits per heavy atom. The lowest BCUT2D eigenvalue weighted by atomic mass is 10.1. The molecule has 124 valence electrons. The first-order valence-electron chi connectivity index (χ1n) is 5.74. The highest BCUT2D eigenvalue weighted by Gasteiger charge is 2.13. The Hall–Kier alpha value is -1.97. The van der Waals surface area contributed by atoms with Gasteiger partial charge in [0.1, 0.15) is 11.4 Å². The zero-order valence-corrected chi connectivity index (χ0v) is 13.3. The number of benzene rings is 1. The van der Waals surface area contributed by atoms with Crippen LogP contribution in [0.4, 0.5) is 4.39 Å². The number of halogens is 1. The summed E-state index contributed by atoms with van der Waals surface area (Å²) in [7, 11) is 1.06. The van der Waals surface area contributed by atoms with E-state index in [0.29, 0.717) is 5.56 Å². The minimum absolute atomic E-state index is 0.180. The van der Waals surface area contributed by atoms with Crippen molar-refractivity contribution in [3.05, 3.63) is 41.9 Å². The Morgan fingerprint density at radius 2 is 1.73 bits per heavy atom. The van der Waals surface area contributed by atoms with Gasteiger partial charge in [0.05, 0.1) is 34.7 Å². The minimum atomic E-state index is -3.66. The van der Waals surface area contributed by atoms with E-state index in [4.69, 9.17) is 4.74 Å². The third-order valence-corrected chi connectivity index (χ3v) is 3.00. The van der Waals surface area contributed by atoms with Crippen LogP contribution in [0.3, 0.4) is 0 Å². The van der Waals surface area contributed by atoms with E-state index in [-0.39, 0.29) is 5.57 Å². The van der Waals surface area contributed by atoms with E-state index >= 15 is 0 Å². The summed E-state index contributed by atoms with van der Waals surface area (Å²) in [5.74, 6) is -0.985. The summed E-state index contributed by atoms with van der Waals surface area (Å²) in [6.45, 7) is 0. The maximum atomic E-state index is 12.9. The van der Waals surface area contributed by atoms with Gasteiger partial charge in [0.2, 0.25) is 0 Å². The highest BCUT2D eigenvalue weighted by Crippen LogP contribution is 2.16. The molecule has 9 heteroatoms. The van der Waals surface area contributed by atoms with Gasteiger partial charge in [-0.1, -0.05) is 12.1 Å². The number of ether oxygens (including phenoxy) is 2. The Balaban J connectivity index is 0.000000534. The highest BCUT2D eigenvalue weighted by molar-refractivity contribution is 7.81. The molecule has 7 nitrogen and oxygen atoms in total. The summed E-state index contributed by atoms with van der Waals surface area (Å²) in [4.78, 5) is 11.3. The van der Waals surface area contributed by atoms with Gasteiger partial charge in [-0.3, -0.25) is 8.37 Å². The van der Waals surface area contributed by atoms with Crippen molar-refractivity contribution in [1.29, 1.82) is 0 Å². The number of methoxy groups -OCH3 is 2.